The van der Waals surface area contributed by atoms with Crippen LogP contribution in [0.1, 0.15) is 46.1 Å². The normalized spacial score (nSPS) is 21.2. The summed E-state index contributed by atoms with van der Waals surface area (Å²) in [7, 11) is 0. The van der Waals surface area contributed by atoms with Gasteiger partial charge in [0, 0.05) is 23.5 Å². The summed E-state index contributed by atoms with van der Waals surface area (Å²) in [6.07, 6.45) is 0.453. The van der Waals surface area contributed by atoms with Crippen LogP contribution >= 0.6 is 11.6 Å². The number of carbonyl (C=O) groups excluding carboxylic acids is 2. The summed E-state index contributed by atoms with van der Waals surface area (Å²) in [5, 5.41) is 9.85. The van der Waals surface area contributed by atoms with Gasteiger partial charge in [0.2, 0.25) is 11.8 Å². The number of benzene rings is 1. The van der Waals surface area contributed by atoms with E-state index in [1.165, 1.54) is 0 Å². The lowest BCUT2D eigenvalue weighted by atomic mass is 9.75. The van der Waals surface area contributed by atoms with Crippen LogP contribution in [0.4, 0.5) is 0 Å². The molecule has 0 aliphatic carbocycles. The van der Waals surface area contributed by atoms with Gasteiger partial charge in [-0.15, -0.1) is 0 Å². The predicted octanol–water partition coefficient (Wildman–Crippen LogP) is 2.34. The van der Waals surface area contributed by atoms with E-state index in [0.29, 0.717) is 17.0 Å². The molecule has 24 heavy (non-hydrogen) atoms. The van der Waals surface area contributed by atoms with Gasteiger partial charge in [0.05, 0.1) is 11.6 Å². The maximum absolute atomic E-state index is 12.7. The number of hydrogen-bond donors (Lipinski definition) is 3. The van der Waals surface area contributed by atoms with E-state index in [4.69, 9.17) is 11.6 Å². The van der Waals surface area contributed by atoms with Crippen LogP contribution < -0.4 is 16.0 Å². The molecule has 1 saturated heterocycles. The highest BCUT2D eigenvalue weighted by atomic mass is 35.5. The largest absolute Gasteiger partial charge is 0.300 e. The van der Waals surface area contributed by atoms with Crippen molar-refractivity contribution in [3.8, 4) is 0 Å². The first kappa shape index (κ1) is 18.9. The fourth-order valence-corrected chi connectivity index (χ4v) is 3.62. The predicted molar refractivity (Wildman–Crippen MR) is 95.8 cm³/mol. The molecule has 5 nitrogen and oxygen atoms in total. The standard InChI is InChI=1S/C18H26ClN3O2/c1-11(2)20-15(21-12(3)4)9-18(10-16(23)22-17(18)24)13-7-5-6-8-14(13)19/h5-8,11-12,15,20-21H,9-10H2,1-4H3,(H,22,23,24). The van der Waals surface area contributed by atoms with Crippen LogP contribution in [0.25, 0.3) is 0 Å². The summed E-state index contributed by atoms with van der Waals surface area (Å²) in [5.74, 6) is -0.533. The van der Waals surface area contributed by atoms with Crippen molar-refractivity contribution < 1.29 is 9.59 Å². The Labute approximate surface area is 148 Å². The molecular weight excluding hydrogens is 326 g/mol. The van der Waals surface area contributed by atoms with Gasteiger partial charge in [0.15, 0.2) is 0 Å². The summed E-state index contributed by atoms with van der Waals surface area (Å²) in [6, 6.07) is 7.75. The lowest BCUT2D eigenvalue weighted by molar-refractivity contribution is -0.126. The van der Waals surface area contributed by atoms with E-state index in [1.54, 1.807) is 6.07 Å². The summed E-state index contributed by atoms with van der Waals surface area (Å²) in [5.41, 5.74) is -0.250. The lowest BCUT2D eigenvalue weighted by Gasteiger charge is -2.34. The Morgan fingerprint density at radius 1 is 1.12 bits per heavy atom. The topological polar surface area (TPSA) is 70.2 Å². The first-order valence-corrected chi connectivity index (χ1v) is 8.74. The molecule has 1 aromatic rings. The van der Waals surface area contributed by atoms with Crippen molar-refractivity contribution in [1.29, 1.82) is 0 Å². The van der Waals surface area contributed by atoms with Gasteiger partial charge in [0.25, 0.3) is 0 Å². The van der Waals surface area contributed by atoms with Crippen LogP contribution in [0, 0.1) is 0 Å². The summed E-state index contributed by atoms with van der Waals surface area (Å²) in [6.45, 7) is 8.21. The maximum atomic E-state index is 12.7. The third kappa shape index (κ3) is 4.15. The number of hydrogen-bond acceptors (Lipinski definition) is 4. The summed E-state index contributed by atoms with van der Waals surface area (Å²) < 4.78 is 0. The second-order valence-corrected chi connectivity index (χ2v) is 7.42. The molecule has 1 aromatic carbocycles. The molecule has 1 aliphatic heterocycles. The van der Waals surface area contributed by atoms with Gasteiger partial charge in [0.1, 0.15) is 0 Å². The second kappa shape index (κ2) is 7.64. The van der Waals surface area contributed by atoms with Crippen LogP contribution in [0.5, 0.6) is 0 Å². The minimum Gasteiger partial charge on any atom is -0.300 e. The third-order valence-corrected chi connectivity index (χ3v) is 4.49. The molecule has 2 amide bonds. The van der Waals surface area contributed by atoms with Gasteiger partial charge in [-0.1, -0.05) is 29.8 Å². The molecule has 0 radical (unpaired) electrons. The van der Waals surface area contributed by atoms with E-state index in [1.807, 2.05) is 18.2 Å². The van der Waals surface area contributed by atoms with Gasteiger partial charge in [-0.3, -0.25) is 25.5 Å². The van der Waals surface area contributed by atoms with Crippen LogP contribution in [0.2, 0.25) is 5.02 Å². The van der Waals surface area contributed by atoms with Crippen molar-refractivity contribution in [2.24, 2.45) is 0 Å². The minimum absolute atomic E-state index is 0.113. The third-order valence-electron chi connectivity index (χ3n) is 4.16. The fourth-order valence-electron chi connectivity index (χ4n) is 3.31. The summed E-state index contributed by atoms with van der Waals surface area (Å²) in [4.78, 5) is 24.7. The van der Waals surface area contributed by atoms with E-state index in [2.05, 4.69) is 43.6 Å². The van der Waals surface area contributed by atoms with Crippen molar-refractivity contribution in [1.82, 2.24) is 16.0 Å². The molecule has 1 fully saturated rings. The smallest absolute Gasteiger partial charge is 0.237 e. The first-order valence-electron chi connectivity index (χ1n) is 8.36. The van der Waals surface area contributed by atoms with Crippen molar-refractivity contribution in [3.05, 3.63) is 34.9 Å². The van der Waals surface area contributed by atoms with Crippen LogP contribution in [0.15, 0.2) is 24.3 Å². The van der Waals surface area contributed by atoms with E-state index >= 15 is 0 Å². The first-order chi connectivity index (χ1) is 11.2. The molecule has 0 saturated carbocycles. The zero-order valence-electron chi connectivity index (χ0n) is 14.7. The van der Waals surface area contributed by atoms with Gasteiger partial charge in [-0.05, 0) is 45.7 Å². The van der Waals surface area contributed by atoms with Crippen molar-refractivity contribution in [2.45, 2.75) is 64.2 Å². The molecule has 3 N–H and O–H groups in total. The van der Waals surface area contributed by atoms with Crippen LogP contribution in [-0.2, 0) is 15.0 Å². The Morgan fingerprint density at radius 2 is 1.71 bits per heavy atom. The van der Waals surface area contributed by atoms with Gasteiger partial charge >= 0.3 is 0 Å². The van der Waals surface area contributed by atoms with E-state index in [-0.39, 0.29) is 36.5 Å². The molecule has 6 heteroatoms. The SMILES string of the molecule is CC(C)NC(CC1(c2ccccc2Cl)CC(=O)NC1=O)NC(C)C. The highest BCUT2D eigenvalue weighted by Gasteiger charge is 2.50. The number of nitrogens with one attached hydrogen (secondary N) is 3. The number of carbonyl (C=O) groups is 2. The monoisotopic (exact) mass is 351 g/mol. The van der Waals surface area contributed by atoms with E-state index in [9.17, 15) is 9.59 Å². The highest BCUT2D eigenvalue weighted by molar-refractivity contribution is 6.32. The molecule has 132 valence electrons. The van der Waals surface area contributed by atoms with Crippen molar-refractivity contribution >= 4 is 23.4 Å². The Kier molecular flexibility index (Phi) is 6.01. The molecule has 0 aromatic heterocycles. The average molecular weight is 352 g/mol. The zero-order valence-corrected chi connectivity index (χ0v) is 15.4. The number of amides is 2. The van der Waals surface area contributed by atoms with Gasteiger partial charge in [-0.25, -0.2) is 0 Å². The molecular formula is C18H26ClN3O2. The molecule has 1 atom stereocenters. The summed E-state index contributed by atoms with van der Waals surface area (Å²) >= 11 is 6.37. The van der Waals surface area contributed by atoms with Crippen LogP contribution in [0.3, 0.4) is 0 Å². The molecule has 1 aliphatic rings. The molecule has 0 spiro atoms. The van der Waals surface area contributed by atoms with Crippen molar-refractivity contribution in [2.75, 3.05) is 0 Å². The Morgan fingerprint density at radius 3 is 2.17 bits per heavy atom. The number of rotatable bonds is 7. The Bertz CT molecular complexity index is 608. The van der Waals surface area contributed by atoms with Gasteiger partial charge in [-0.2, -0.15) is 0 Å². The molecule has 1 heterocycles. The zero-order chi connectivity index (χ0) is 17.9. The van der Waals surface area contributed by atoms with Crippen molar-refractivity contribution in [3.63, 3.8) is 0 Å². The minimum atomic E-state index is -0.954. The highest BCUT2D eigenvalue weighted by Crippen LogP contribution is 2.40. The molecule has 1 unspecified atom stereocenters. The fraction of sp³-hybridized carbons (Fsp3) is 0.556. The quantitative estimate of drug-likeness (QED) is 0.521. The number of imide groups is 1. The number of halogens is 1. The van der Waals surface area contributed by atoms with Gasteiger partial charge < -0.3 is 0 Å². The van der Waals surface area contributed by atoms with Crippen LogP contribution in [-0.4, -0.2) is 30.1 Å². The maximum Gasteiger partial charge on any atom is 0.237 e. The van der Waals surface area contributed by atoms with E-state index in [0.717, 1.165) is 0 Å². The average Bonchev–Trinajstić information content (AvgIpc) is 2.72. The molecule has 0 bridgehead atoms. The molecule has 2 rings (SSSR count). The second-order valence-electron chi connectivity index (χ2n) is 7.02. The lowest BCUT2D eigenvalue weighted by Crippen LogP contribution is -2.53. The Balaban J connectivity index is 2.41. The Hall–Kier alpha value is -1.43. The van der Waals surface area contributed by atoms with E-state index < -0.39 is 5.41 Å².